The molecule has 0 fully saturated rings. The van der Waals surface area contributed by atoms with Crippen molar-refractivity contribution >= 4 is 17.9 Å². The van der Waals surface area contributed by atoms with Crippen molar-refractivity contribution < 1.29 is 28.6 Å². The molecule has 0 aliphatic heterocycles. The van der Waals surface area contributed by atoms with Crippen LogP contribution in [0.5, 0.6) is 0 Å². The van der Waals surface area contributed by atoms with Crippen molar-refractivity contribution in [2.45, 2.75) is 309 Å². The minimum absolute atomic E-state index is 0.100. The van der Waals surface area contributed by atoms with Crippen LogP contribution < -0.4 is 0 Å². The van der Waals surface area contributed by atoms with Crippen LogP contribution in [0.25, 0.3) is 0 Å². The molecule has 6 heteroatoms. The van der Waals surface area contributed by atoms with E-state index in [1.54, 1.807) is 0 Å². The summed E-state index contributed by atoms with van der Waals surface area (Å²) in [6.45, 7) is 6.46. The van der Waals surface area contributed by atoms with Gasteiger partial charge in [-0.3, -0.25) is 14.4 Å². The Morgan fingerprint density at radius 2 is 0.519 bits per heavy atom. The van der Waals surface area contributed by atoms with Gasteiger partial charge < -0.3 is 14.2 Å². The number of carbonyl (C=O) groups is 3. The maximum atomic E-state index is 12.9. The molecule has 0 saturated carbocycles. The first-order chi connectivity index (χ1) is 39.0. The Kier molecular flexibility index (Phi) is 62.8. The fraction of sp³-hybridized carbons (Fsp3) is 0.685. The molecule has 0 spiro atoms. The van der Waals surface area contributed by atoms with E-state index in [-0.39, 0.29) is 37.5 Å². The Bertz CT molecular complexity index is 1640. The fourth-order valence-corrected chi connectivity index (χ4v) is 9.01. The largest absolute Gasteiger partial charge is 0.462 e. The molecule has 450 valence electrons. The first-order valence-electron chi connectivity index (χ1n) is 33.0. The van der Waals surface area contributed by atoms with E-state index in [0.717, 1.165) is 116 Å². The first kappa shape index (κ1) is 74.8. The van der Waals surface area contributed by atoms with E-state index in [1.165, 1.54) is 141 Å². The summed E-state index contributed by atoms with van der Waals surface area (Å²) >= 11 is 0. The number of rotatable bonds is 59. The van der Waals surface area contributed by atoms with Gasteiger partial charge in [0.1, 0.15) is 13.2 Å². The van der Waals surface area contributed by atoms with Crippen LogP contribution in [-0.2, 0) is 28.6 Å². The second-order valence-corrected chi connectivity index (χ2v) is 21.6. The van der Waals surface area contributed by atoms with Gasteiger partial charge in [-0.1, -0.05) is 303 Å². The summed E-state index contributed by atoms with van der Waals surface area (Å²) in [6.07, 6.45) is 92.2. The van der Waals surface area contributed by atoms with Crippen LogP contribution in [0.2, 0.25) is 0 Å². The number of carbonyl (C=O) groups excluding carboxylic acids is 3. The van der Waals surface area contributed by atoms with Gasteiger partial charge in [0.15, 0.2) is 6.10 Å². The van der Waals surface area contributed by atoms with Crippen molar-refractivity contribution in [1.29, 1.82) is 0 Å². The summed E-state index contributed by atoms with van der Waals surface area (Å²) < 4.78 is 16.9. The number of hydrogen-bond donors (Lipinski definition) is 0. The zero-order valence-corrected chi connectivity index (χ0v) is 51.6. The summed E-state index contributed by atoms with van der Waals surface area (Å²) in [5, 5.41) is 0. The molecule has 0 amide bonds. The summed E-state index contributed by atoms with van der Waals surface area (Å²) in [7, 11) is 0. The minimum Gasteiger partial charge on any atom is -0.462 e. The van der Waals surface area contributed by atoms with Crippen molar-refractivity contribution in [1.82, 2.24) is 0 Å². The molecule has 0 aromatic rings. The van der Waals surface area contributed by atoms with Gasteiger partial charge in [0, 0.05) is 19.3 Å². The second kappa shape index (κ2) is 66.3. The Morgan fingerprint density at radius 3 is 0.873 bits per heavy atom. The molecule has 6 nitrogen and oxygen atoms in total. The first-order valence-corrected chi connectivity index (χ1v) is 33.0. The van der Waals surface area contributed by atoms with Crippen molar-refractivity contribution in [2.24, 2.45) is 0 Å². The molecule has 0 heterocycles. The summed E-state index contributed by atoms with van der Waals surface area (Å²) in [5.74, 6) is -0.964. The van der Waals surface area contributed by atoms with E-state index in [9.17, 15) is 14.4 Å². The third-order valence-corrected chi connectivity index (χ3v) is 14.0. The molecule has 0 bridgehead atoms. The Labute approximate surface area is 488 Å². The van der Waals surface area contributed by atoms with Crippen molar-refractivity contribution in [3.8, 4) is 0 Å². The highest BCUT2D eigenvalue weighted by Crippen LogP contribution is 2.17. The van der Waals surface area contributed by atoms with Gasteiger partial charge in [0.25, 0.3) is 0 Å². The van der Waals surface area contributed by atoms with E-state index in [1.807, 2.05) is 0 Å². The monoisotopic (exact) mass is 1090 g/mol. The molecule has 1 unspecified atom stereocenters. The van der Waals surface area contributed by atoms with Crippen molar-refractivity contribution in [2.75, 3.05) is 13.2 Å². The summed E-state index contributed by atoms with van der Waals surface area (Å²) in [6, 6.07) is 0. The molecule has 0 saturated heterocycles. The normalized spacial score (nSPS) is 12.9. The summed E-state index contributed by atoms with van der Waals surface area (Å²) in [5.41, 5.74) is 0. The van der Waals surface area contributed by atoms with E-state index in [0.29, 0.717) is 19.3 Å². The van der Waals surface area contributed by atoms with Crippen LogP contribution in [-0.4, -0.2) is 37.2 Å². The van der Waals surface area contributed by atoms with Crippen molar-refractivity contribution in [3.63, 3.8) is 0 Å². The zero-order chi connectivity index (χ0) is 57.1. The van der Waals surface area contributed by atoms with Gasteiger partial charge in [-0.05, 0) is 103 Å². The average Bonchev–Trinajstić information content (AvgIpc) is 3.45. The fourth-order valence-electron chi connectivity index (χ4n) is 9.01. The van der Waals surface area contributed by atoms with Crippen LogP contribution in [0.1, 0.15) is 303 Å². The zero-order valence-electron chi connectivity index (χ0n) is 51.6. The van der Waals surface area contributed by atoms with Crippen LogP contribution >= 0.6 is 0 Å². The maximum absolute atomic E-state index is 12.9. The van der Waals surface area contributed by atoms with Gasteiger partial charge >= 0.3 is 17.9 Å². The molecule has 0 aromatic heterocycles. The second-order valence-electron chi connectivity index (χ2n) is 21.6. The Balaban J connectivity index is 4.38. The lowest BCUT2D eigenvalue weighted by Crippen LogP contribution is -2.30. The molecule has 79 heavy (non-hydrogen) atoms. The highest BCUT2D eigenvalue weighted by molar-refractivity contribution is 5.71. The molecule has 0 N–H and O–H groups in total. The quantitative estimate of drug-likeness (QED) is 0.0261. The SMILES string of the molecule is CC/C=C\C/C=C\C/C=C\C/C=C\C/C=C\C/C=C\C/C=C\C/C=C\C/C=C\CCCC(=O)OCC(COC(=O)CCCCCCC/C=C\CCCC)OC(=O)CCCCCCCCCCCCCCCCCCCCCCC. The van der Waals surface area contributed by atoms with Gasteiger partial charge in [0.05, 0.1) is 0 Å². The van der Waals surface area contributed by atoms with E-state index >= 15 is 0 Å². The van der Waals surface area contributed by atoms with Crippen LogP contribution in [0.4, 0.5) is 0 Å². The molecule has 0 rings (SSSR count). The highest BCUT2D eigenvalue weighted by atomic mass is 16.6. The smallest absolute Gasteiger partial charge is 0.306 e. The predicted molar refractivity (Wildman–Crippen MR) is 343 cm³/mol. The lowest BCUT2D eigenvalue weighted by molar-refractivity contribution is -0.167. The third kappa shape index (κ3) is 64.5. The molecule has 0 aromatic carbocycles. The van der Waals surface area contributed by atoms with Gasteiger partial charge in [0.2, 0.25) is 0 Å². The summed E-state index contributed by atoms with van der Waals surface area (Å²) in [4.78, 5) is 38.3. The van der Waals surface area contributed by atoms with Crippen molar-refractivity contribution in [3.05, 3.63) is 122 Å². The highest BCUT2D eigenvalue weighted by Gasteiger charge is 2.19. The van der Waals surface area contributed by atoms with Gasteiger partial charge in [-0.2, -0.15) is 0 Å². The van der Waals surface area contributed by atoms with E-state index in [2.05, 4.69) is 142 Å². The molecular weight excluding hydrogens is 973 g/mol. The Hall–Kier alpha value is -4.19. The van der Waals surface area contributed by atoms with E-state index in [4.69, 9.17) is 14.2 Å². The minimum atomic E-state index is -0.807. The standard InChI is InChI=1S/C73H122O6/c1-4-7-10-13-16-19-22-24-26-28-30-32-33-34-35-36-37-38-39-41-42-44-46-48-51-54-57-60-63-66-72(75)78-69-70(68-77-71(74)65-62-59-56-53-50-21-18-15-12-9-6-3)79-73(76)67-64-61-58-55-52-49-47-45-43-40-31-29-27-25-23-20-17-14-11-8-5-2/h7,10,15-16,18-19,24,26,30,32,34-35,37-38,41-42,46,48,54,57,70H,4-6,8-9,11-14,17,20-23,25,27-29,31,33,36,39-40,43-45,47,49-53,55-56,58-69H2,1-3H3/b10-7-,18-15-,19-16-,26-24-,32-30-,35-34-,38-37-,42-41-,48-46-,57-54-. The molecule has 1 atom stereocenters. The number of esters is 3. The average molecular weight is 1100 g/mol. The van der Waals surface area contributed by atoms with Gasteiger partial charge in [-0.15, -0.1) is 0 Å². The van der Waals surface area contributed by atoms with Gasteiger partial charge in [-0.25, -0.2) is 0 Å². The molecule has 0 aliphatic rings. The van der Waals surface area contributed by atoms with Crippen LogP contribution in [0.15, 0.2) is 122 Å². The molecule has 0 radical (unpaired) electrons. The lowest BCUT2D eigenvalue weighted by Gasteiger charge is -2.18. The number of ether oxygens (including phenoxy) is 3. The maximum Gasteiger partial charge on any atom is 0.306 e. The van der Waals surface area contributed by atoms with E-state index < -0.39 is 6.10 Å². The molecule has 0 aliphatic carbocycles. The van der Waals surface area contributed by atoms with Crippen LogP contribution in [0, 0.1) is 0 Å². The number of unbranched alkanes of at least 4 members (excludes halogenated alkanes) is 28. The molecular formula is C73H122O6. The number of hydrogen-bond acceptors (Lipinski definition) is 6. The number of allylic oxidation sites excluding steroid dienone is 20. The third-order valence-electron chi connectivity index (χ3n) is 14.0. The topological polar surface area (TPSA) is 78.9 Å². The Morgan fingerprint density at radius 1 is 0.266 bits per heavy atom. The predicted octanol–water partition coefficient (Wildman–Crippen LogP) is 22.8. The van der Waals surface area contributed by atoms with Crippen LogP contribution in [0.3, 0.4) is 0 Å². The lowest BCUT2D eigenvalue weighted by atomic mass is 10.0.